The highest BCUT2D eigenvalue weighted by Gasteiger charge is 2.10. The lowest BCUT2D eigenvalue weighted by Crippen LogP contribution is -2.13. The van der Waals surface area contributed by atoms with Gasteiger partial charge in [-0.1, -0.05) is 18.2 Å². The smallest absolute Gasteiger partial charge is 0.257 e. The Morgan fingerprint density at radius 2 is 2.14 bits per heavy atom. The first-order valence-electron chi connectivity index (χ1n) is 6.58. The van der Waals surface area contributed by atoms with Crippen LogP contribution < -0.4 is 5.32 Å². The number of halogens is 1. The van der Waals surface area contributed by atoms with Gasteiger partial charge in [-0.2, -0.15) is 0 Å². The lowest BCUT2D eigenvalue weighted by Gasteiger charge is -2.03. The Balaban J connectivity index is 1.85. The number of amides is 1. The van der Waals surface area contributed by atoms with Crippen molar-refractivity contribution in [1.82, 2.24) is 9.97 Å². The van der Waals surface area contributed by atoms with Gasteiger partial charge in [-0.25, -0.2) is 9.37 Å². The number of aromatic nitrogens is 2. The molecule has 5 heteroatoms. The molecule has 4 nitrogen and oxygen atoms in total. The minimum Gasteiger partial charge on any atom is -0.324 e. The molecular formula is C16H14FN3O. The van der Waals surface area contributed by atoms with E-state index >= 15 is 0 Å². The zero-order valence-corrected chi connectivity index (χ0v) is 11.5. The number of imidazole rings is 1. The van der Waals surface area contributed by atoms with Crippen LogP contribution in [-0.4, -0.2) is 15.9 Å². The standard InChI is InChI=1S/C16H14FN3O/c1-10-5-6-13-14(7-10)19-16(18-13)20-15(21)12-4-2-3-11(8-12)9-17/h2-8H,9H2,1H3,(H2,18,19,20,21). The molecule has 3 aromatic rings. The van der Waals surface area contributed by atoms with Crippen LogP contribution in [0, 0.1) is 6.92 Å². The van der Waals surface area contributed by atoms with Gasteiger partial charge >= 0.3 is 0 Å². The van der Waals surface area contributed by atoms with Crippen molar-refractivity contribution < 1.29 is 9.18 Å². The first kappa shape index (κ1) is 13.3. The highest BCUT2D eigenvalue weighted by Crippen LogP contribution is 2.16. The summed E-state index contributed by atoms with van der Waals surface area (Å²) in [5.74, 6) is 0.0623. The van der Waals surface area contributed by atoms with Gasteiger partial charge in [0.05, 0.1) is 11.0 Å². The fourth-order valence-electron chi connectivity index (χ4n) is 2.16. The van der Waals surface area contributed by atoms with Crippen molar-refractivity contribution >= 4 is 22.9 Å². The Morgan fingerprint density at radius 3 is 2.95 bits per heavy atom. The van der Waals surface area contributed by atoms with Crippen LogP contribution in [0.3, 0.4) is 0 Å². The Labute approximate surface area is 121 Å². The summed E-state index contributed by atoms with van der Waals surface area (Å²) in [6.45, 7) is 1.39. The number of hydrogen-bond acceptors (Lipinski definition) is 2. The highest BCUT2D eigenvalue weighted by molar-refractivity contribution is 6.04. The largest absolute Gasteiger partial charge is 0.324 e. The molecule has 0 aliphatic carbocycles. The second-order valence-electron chi connectivity index (χ2n) is 4.89. The van der Waals surface area contributed by atoms with E-state index in [0.29, 0.717) is 17.1 Å². The van der Waals surface area contributed by atoms with Crippen LogP contribution in [0.25, 0.3) is 11.0 Å². The van der Waals surface area contributed by atoms with Gasteiger partial charge in [-0.15, -0.1) is 0 Å². The molecule has 2 N–H and O–H groups in total. The molecule has 0 radical (unpaired) electrons. The summed E-state index contributed by atoms with van der Waals surface area (Å²) < 4.78 is 12.6. The van der Waals surface area contributed by atoms with E-state index in [4.69, 9.17) is 0 Å². The molecule has 0 spiro atoms. The summed E-state index contributed by atoms with van der Waals surface area (Å²) in [5, 5.41) is 2.69. The van der Waals surface area contributed by atoms with Crippen molar-refractivity contribution in [3.05, 3.63) is 59.2 Å². The second kappa shape index (κ2) is 5.36. The second-order valence-corrected chi connectivity index (χ2v) is 4.89. The SMILES string of the molecule is Cc1ccc2nc(NC(=O)c3cccc(CF)c3)[nH]c2c1. The van der Waals surface area contributed by atoms with E-state index in [2.05, 4.69) is 15.3 Å². The average molecular weight is 283 g/mol. The van der Waals surface area contributed by atoms with Crippen molar-refractivity contribution in [1.29, 1.82) is 0 Å². The maximum Gasteiger partial charge on any atom is 0.257 e. The number of aryl methyl sites for hydroxylation is 1. The molecule has 0 fully saturated rings. The van der Waals surface area contributed by atoms with Crippen molar-refractivity contribution in [3.8, 4) is 0 Å². The van der Waals surface area contributed by atoms with Gasteiger partial charge in [-0.3, -0.25) is 10.1 Å². The van der Waals surface area contributed by atoms with Crippen molar-refractivity contribution in [2.24, 2.45) is 0 Å². The number of carbonyl (C=O) groups is 1. The molecule has 106 valence electrons. The van der Waals surface area contributed by atoms with Crippen LogP contribution in [0.5, 0.6) is 0 Å². The summed E-state index contributed by atoms with van der Waals surface area (Å²) in [6.07, 6.45) is 0. The number of rotatable bonds is 3. The lowest BCUT2D eigenvalue weighted by molar-refractivity contribution is 0.102. The first-order valence-corrected chi connectivity index (χ1v) is 6.58. The third-order valence-electron chi connectivity index (χ3n) is 3.21. The molecule has 0 saturated heterocycles. The van der Waals surface area contributed by atoms with Crippen molar-refractivity contribution in [2.45, 2.75) is 13.6 Å². The molecule has 21 heavy (non-hydrogen) atoms. The molecule has 0 atom stereocenters. The number of nitrogens with zero attached hydrogens (tertiary/aromatic N) is 1. The summed E-state index contributed by atoms with van der Waals surface area (Å²) in [4.78, 5) is 19.5. The fourth-order valence-corrected chi connectivity index (χ4v) is 2.16. The molecule has 2 aromatic carbocycles. The molecule has 1 heterocycles. The van der Waals surface area contributed by atoms with E-state index in [9.17, 15) is 9.18 Å². The van der Waals surface area contributed by atoms with E-state index in [0.717, 1.165) is 16.6 Å². The number of carbonyl (C=O) groups excluding carboxylic acids is 1. The third kappa shape index (κ3) is 2.76. The number of anilines is 1. The number of nitrogens with one attached hydrogen (secondary N) is 2. The maximum absolute atomic E-state index is 12.6. The average Bonchev–Trinajstić information content (AvgIpc) is 2.88. The Kier molecular flexibility index (Phi) is 3.39. The molecule has 0 unspecified atom stereocenters. The number of benzene rings is 2. The number of hydrogen-bond donors (Lipinski definition) is 2. The molecule has 1 aromatic heterocycles. The number of alkyl halides is 1. The Morgan fingerprint density at radius 1 is 1.29 bits per heavy atom. The zero-order chi connectivity index (χ0) is 14.8. The van der Waals surface area contributed by atoms with Crippen LogP contribution in [0.2, 0.25) is 0 Å². The van der Waals surface area contributed by atoms with Crippen LogP contribution in [-0.2, 0) is 6.67 Å². The van der Waals surface area contributed by atoms with Crippen LogP contribution in [0.1, 0.15) is 21.5 Å². The molecule has 0 saturated carbocycles. The lowest BCUT2D eigenvalue weighted by atomic mass is 10.1. The van der Waals surface area contributed by atoms with E-state index < -0.39 is 6.67 Å². The summed E-state index contributed by atoms with van der Waals surface area (Å²) in [7, 11) is 0. The summed E-state index contributed by atoms with van der Waals surface area (Å²) in [6, 6.07) is 12.3. The van der Waals surface area contributed by atoms with Crippen LogP contribution in [0.15, 0.2) is 42.5 Å². The van der Waals surface area contributed by atoms with E-state index in [1.54, 1.807) is 18.2 Å². The van der Waals surface area contributed by atoms with E-state index in [1.807, 2.05) is 25.1 Å². The molecule has 3 rings (SSSR count). The minimum absolute atomic E-state index is 0.318. The highest BCUT2D eigenvalue weighted by atomic mass is 19.1. The Bertz CT molecular complexity index is 810. The number of fused-ring (bicyclic) bond motifs is 1. The van der Waals surface area contributed by atoms with Gasteiger partial charge < -0.3 is 4.98 Å². The van der Waals surface area contributed by atoms with E-state index in [1.165, 1.54) is 6.07 Å². The zero-order valence-electron chi connectivity index (χ0n) is 11.5. The number of aromatic amines is 1. The summed E-state index contributed by atoms with van der Waals surface area (Å²) >= 11 is 0. The third-order valence-corrected chi connectivity index (χ3v) is 3.21. The van der Waals surface area contributed by atoms with Gasteiger partial charge in [-0.05, 0) is 42.3 Å². The number of H-pyrrole nitrogens is 1. The molecule has 0 aliphatic heterocycles. The van der Waals surface area contributed by atoms with Gasteiger partial charge in [0.25, 0.3) is 5.91 Å². The topological polar surface area (TPSA) is 57.8 Å². The van der Waals surface area contributed by atoms with Gasteiger partial charge in [0.15, 0.2) is 0 Å². The normalized spacial score (nSPS) is 10.8. The monoisotopic (exact) mass is 283 g/mol. The molecule has 1 amide bonds. The first-order chi connectivity index (χ1) is 10.2. The van der Waals surface area contributed by atoms with Gasteiger partial charge in [0.1, 0.15) is 6.67 Å². The molecular weight excluding hydrogens is 269 g/mol. The summed E-state index contributed by atoms with van der Waals surface area (Å²) in [5.41, 5.74) is 3.64. The minimum atomic E-state index is -0.592. The van der Waals surface area contributed by atoms with Crippen molar-refractivity contribution in [3.63, 3.8) is 0 Å². The predicted molar refractivity (Wildman–Crippen MR) is 80.0 cm³/mol. The van der Waals surface area contributed by atoms with Crippen molar-refractivity contribution in [2.75, 3.05) is 5.32 Å². The van der Waals surface area contributed by atoms with E-state index in [-0.39, 0.29) is 5.91 Å². The maximum atomic E-state index is 12.6. The van der Waals surface area contributed by atoms with Crippen LogP contribution >= 0.6 is 0 Å². The Hall–Kier alpha value is -2.69. The predicted octanol–water partition coefficient (Wildman–Crippen LogP) is 3.59. The quantitative estimate of drug-likeness (QED) is 0.771. The molecule has 0 bridgehead atoms. The van der Waals surface area contributed by atoms with Gasteiger partial charge in [0.2, 0.25) is 5.95 Å². The molecule has 0 aliphatic rings. The van der Waals surface area contributed by atoms with Crippen LogP contribution in [0.4, 0.5) is 10.3 Å². The fraction of sp³-hybridized carbons (Fsp3) is 0.125. The van der Waals surface area contributed by atoms with Gasteiger partial charge in [0, 0.05) is 5.56 Å².